The molecule has 0 spiro atoms. The highest BCUT2D eigenvalue weighted by Crippen LogP contribution is 2.28. The lowest BCUT2D eigenvalue weighted by molar-refractivity contribution is 0.0736. The van der Waals surface area contributed by atoms with Gasteiger partial charge in [-0.05, 0) is 25.2 Å². The van der Waals surface area contributed by atoms with E-state index in [0.29, 0.717) is 5.92 Å². The highest BCUT2D eigenvalue weighted by molar-refractivity contribution is 5.67. The molecule has 0 radical (unpaired) electrons. The summed E-state index contributed by atoms with van der Waals surface area (Å²) >= 11 is 0. The first-order chi connectivity index (χ1) is 9.22. The Hall–Kier alpha value is -0.770. The average Bonchev–Trinajstić information content (AvgIpc) is 2.47. The number of carbonyl (C=O) groups is 1. The molecule has 1 saturated carbocycles. The van der Waals surface area contributed by atoms with Crippen molar-refractivity contribution in [3.8, 4) is 0 Å². The zero-order valence-electron chi connectivity index (χ0n) is 12.4. The molecule has 2 aliphatic rings. The molecular weight excluding hydrogens is 240 g/mol. The Bertz CT molecular complexity index is 290. The number of rotatable bonds is 3. The number of amides is 1. The van der Waals surface area contributed by atoms with Crippen LogP contribution in [0.1, 0.15) is 51.9 Å². The molecule has 2 rings (SSSR count). The second kappa shape index (κ2) is 7.13. The van der Waals surface area contributed by atoms with Crippen molar-refractivity contribution >= 4 is 6.09 Å². The van der Waals surface area contributed by atoms with E-state index in [2.05, 4.69) is 17.1 Å². The Morgan fingerprint density at radius 3 is 2.63 bits per heavy atom. The van der Waals surface area contributed by atoms with Gasteiger partial charge in [-0.15, -0.1) is 0 Å². The van der Waals surface area contributed by atoms with Crippen molar-refractivity contribution in [3.05, 3.63) is 0 Å². The molecule has 1 aliphatic carbocycles. The Morgan fingerprint density at radius 2 is 2.00 bits per heavy atom. The third-order valence-electron chi connectivity index (χ3n) is 4.74. The van der Waals surface area contributed by atoms with Crippen LogP contribution in [0.25, 0.3) is 0 Å². The SMILES string of the molecule is CCC1CC(NC(=O)OC)CN(C2CCCCC2)C1. The molecule has 2 fully saturated rings. The van der Waals surface area contributed by atoms with E-state index >= 15 is 0 Å². The van der Waals surface area contributed by atoms with Crippen LogP contribution in [0, 0.1) is 5.92 Å². The predicted octanol–water partition coefficient (Wildman–Crippen LogP) is 2.78. The lowest BCUT2D eigenvalue weighted by atomic mass is 9.87. The summed E-state index contributed by atoms with van der Waals surface area (Å²) in [5.41, 5.74) is 0. The van der Waals surface area contributed by atoms with Crippen molar-refractivity contribution in [1.29, 1.82) is 0 Å². The summed E-state index contributed by atoms with van der Waals surface area (Å²) in [5, 5.41) is 3.00. The maximum Gasteiger partial charge on any atom is 0.407 e. The number of nitrogens with one attached hydrogen (secondary N) is 1. The van der Waals surface area contributed by atoms with Crippen molar-refractivity contribution in [2.75, 3.05) is 20.2 Å². The van der Waals surface area contributed by atoms with Crippen molar-refractivity contribution in [1.82, 2.24) is 10.2 Å². The topological polar surface area (TPSA) is 41.6 Å². The van der Waals surface area contributed by atoms with Crippen LogP contribution < -0.4 is 5.32 Å². The Labute approximate surface area is 116 Å². The van der Waals surface area contributed by atoms with Crippen molar-refractivity contribution in [3.63, 3.8) is 0 Å². The fourth-order valence-corrected chi connectivity index (χ4v) is 3.61. The largest absolute Gasteiger partial charge is 0.453 e. The van der Waals surface area contributed by atoms with Crippen molar-refractivity contribution in [2.45, 2.75) is 64.0 Å². The molecule has 1 heterocycles. The number of piperidine rings is 1. The molecule has 2 unspecified atom stereocenters. The van der Waals surface area contributed by atoms with Gasteiger partial charge >= 0.3 is 6.09 Å². The van der Waals surface area contributed by atoms with Crippen LogP contribution in [-0.4, -0.2) is 43.3 Å². The van der Waals surface area contributed by atoms with Gasteiger partial charge in [0.25, 0.3) is 0 Å². The summed E-state index contributed by atoms with van der Waals surface area (Å²) < 4.78 is 4.73. The number of ether oxygens (including phenoxy) is 1. The maximum atomic E-state index is 11.4. The van der Waals surface area contributed by atoms with Crippen LogP contribution in [0.4, 0.5) is 4.79 Å². The van der Waals surface area contributed by atoms with E-state index in [9.17, 15) is 4.79 Å². The van der Waals surface area contributed by atoms with Crippen LogP contribution in [-0.2, 0) is 4.74 Å². The molecule has 0 bridgehead atoms. The van der Waals surface area contributed by atoms with Crippen LogP contribution in [0.2, 0.25) is 0 Å². The predicted molar refractivity (Wildman–Crippen MR) is 76.2 cm³/mol. The fraction of sp³-hybridized carbons (Fsp3) is 0.933. The average molecular weight is 268 g/mol. The minimum atomic E-state index is -0.287. The van der Waals surface area contributed by atoms with Gasteiger partial charge < -0.3 is 10.1 Å². The van der Waals surface area contributed by atoms with Gasteiger partial charge in [-0.25, -0.2) is 4.79 Å². The first kappa shape index (κ1) is 14.6. The van der Waals surface area contributed by atoms with Gasteiger partial charge in [0, 0.05) is 25.2 Å². The van der Waals surface area contributed by atoms with Gasteiger partial charge in [0.15, 0.2) is 0 Å². The monoisotopic (exact) mass is 268 g/mol. The van der Waals surface area contributed by atoms with Crippen molar-refractivity contribution < 1.29 is 9.53 Å². The smallest absolute Gasteiger partial charge is 0.407 e. The molecule has 1 aliphatic heterocycles. The van der Waals surface area contributed by atoms with E-state index < -0.39 is 0 Å². The quantitative estimate of drug-likeness (QED) is 0.855. The zero-order chi connectivity index (χ0) is 13.7. The Morgan fingerprint density at radius 1 is 1.26 bits per heavy atom. The van der Waals surface area contributed by atoms with E-state index in [-0.39, 0.29) is 12.1 Å². The minimum Gasteiger partial charge on any atom is -0.453 e. The van der Waals surface area contributed by atoms with E-state index in [0.717, 1.165) is 19.0 Å². The molecule has 0 aromatic carbocycles. The van der Waals surface area contributed by atoms with Crippen LogP contribution in [0.15, 0.2) is 0 Å². The van der Waals surface area contributed by atoms with E-state index in [4.69, 9.17) is 4.74 Å². The summed E-state index contributed by atoms with van der Waals surface area (Å²) in [6, 6.07) is 0.998. The third kappa shape index (κ3) is 4.10. The number of nitrogens with zero attached hydrogens (tertiary/aromatic N) is 1. The summed E-state index contributed by atoms with van der Waals surface area (Å²) in [5.74, 6) is 0.706. The van der Waals surface area contributed by atoms with E-state index in [1.807, 2.05) is 0 Å². The minimum absolute atomic E-state index is 0.257. The number of likely N-dealkylation sites (tertiary alicyclic amines) is 1. The summed E-state index contributed by atoms with van der Waals surface area (Å²) in [7, 11) is 1.44. The molecule has 19 heavy (non-hydrogen) atoms. The summed E-state index contributed by atoms with van der Waals surface area (Å²) in [6.45, 7) is 4.46. The first-order valence-electron chi connectivity index (χ1n) is 7.81. The molecule has 110 valence electrons. The molecule has 1 amide bonds. The Kier molecular flexibility index (Phi) is 5.49. The lowest BCUT2D eigenvalue weighted by Gasteiger charge is -2.43. The van der Waals surface area contributed by atoms with E-state index in [1.165, 1.54) is 52.2 Å². The second-order valence-electron chi connectivity index (χ2n) is 6.09. The van der Waals surface area contributed by atoms with Crippen LogP contribution >= 0.6 is 0 Å². The summed E-state index contributed by atoms with van der Waals surface area (Å²) in [4.78, 5) is 14.0. The highest BCUT2D eigenvalue weighted by Gasteiger charge is 2.31. The zero-order valence-corrected chi connectivity index (χ0v) is 12.4. The van der Waals surface area contributed by atoms with Crippen molar-refractivity contribution in [2.24, 2.45) is 5.92 Å². The third-order valence-corrected chi connectivity index (χ3v) is 4.74. The standard InChI is InChI=1S/C15H28N2O2/c1-3-12-9-13(16-15(18)19-2)11-17(10-12)14-7-5-4-6-8-14/h12-14H,3-11H2,1-2H3,(H,16,18). The van der Waals surface area contributed by atoms with Gasteiger partial charge in [0.05, 0.1) is 7.11 Å². The number of hydrogen-bond acceptors (Lipinski definition) is 3. The van der Waals surface area contributed by atoms with Gasteiger partial charge in [-0.3, -0.25) is 4.90 Å². The molecular formula is C15H28N2O2. The molecule has 0 aromatic rings. The highest BCUT2D eigenvalue weighted by atomic mass is 16.5. The maximum absolute atomic E-state index is 11.4. The van der Waals surface area contributed by atoms with Crippen LogP contribution in [0.3, 0.4) is 0 Å². The number of alkyl carbamates (subject to hydrolysis) is 1. The first-order valence-corrected chi connectivity index (χ1v) is 7.81. The second-order valence-corrected chi connectivity index (χ2v) is 6.09. The number of hydrogen-bond donors (Lipinski definition) is 1. The fourth-order valence-electron chi connectivity index (χ4n) is 3.61. The molecule has 0 aromatic heterocycles. The van der Waals surface area contributed by atoms with Gasteiger partial charge in [0.1, 0.15) is 0 Å². The molecule has 1 saturated heterocycles. The number of carbonyl (C=O) groups excluding carboxylic acids is 1. The normalized spacial score (nSPS) is 30.0. The summed E-state index contributed by atoms with van der Waals surface area (Å²) in [6.07, 6.45) is 8.80. The van der Waals surface area contributed by atoms with Gasteiger partial charge in [0.2, 0.25) is 0 Å². The van der Waals surface area contributed by atoms with E-state index in [1.54, 1.807) is 0 Å². The molecule has 4 nitrogen and oxygen atoms in total. The Balaban J connectivity index is 1.92. The molecule has 1 N–H and O–H groups in total. The lowest BCUT2D eigenvalue weighted by Crippen LogP contribution is -2.54. The van der Waals surface area contributed by atoms with Gasteiger partial charge in [-0.1, -0.05) is 32.6 Å². The molecule has 4 heteroatoms. The van der Waals surface area contributed by atoms with Crippen LogP contribution in [0.5, 0.6) is 0 Å². The number of methoxy groups -OCH3 is 1. The molecule has 2 atom stereocenters. The van der Waals surface area contributed by atoms with Gasteiger partial charge in [-0.2, -0.15) is 0 Å².